The molecular formula is C31H44N2O7. The van der Waals surface area contributed by atoms with Crippen molar-refractivity contribution in [3.05, 3.63) is 47.6 Å². The molecule has 0 saturated heterocycles. The van der Waals surface area contributed by atoms with Crippen molar-refractivity contribution in [2.45, 2.75) is 101 Å². The zero-order valence-corrected chi connectivity index (χ0v) is 23.5. The largest absolute Gasteiger partial charge is 0.493 e. The van der Waals surface area contributed by atoms with Gasteiger partial charge in [0.2, 0.25) is 11.8 Å². The normalized spacial score (nSPS) is 24.1. The van der Waals surface area contributed by atoms with Crippen LogP contribution in [0.15, 0.2) is 36.4 Å². The van der Waals surface area contributed by atoms with Crippen LogP contribution in [0.25, 0.3) is 0 Å². The molecule has 220 valence electrons. The first kappa shape index (κ1) is 30.1. The molecule has 1 aromatic carbocycles. The number of aliphatic hydroxyl groups excluding tert-OH is 3. The van der Waals surface area contributed by atoms with Gasteiger partial charge in [0.05, 0.1) is 32.3 Å². The summed E-state index contributed by atoms with van der Waals surface area (Å²) in [4.78, 5) is 29.2. The van der Waals surface area contributed by atoms with E-state index >= 15 is 0 Å². The Labute approximate surface area is 236 Å². The fourth-order valence-electron chi connectivity index (χ4n) is 6.43. The molecule has 0 spiro atoms. The fourth-order valence-corrected chi connectivity index (χ4v) is 6.43. The Morgan fingerprint density at radius 1 is 1.18 bits per heavy atom. The number of benzene rings is 1. The van der Waals surface area contributed by atoms with Crippen LogP contribution < -0.4 is 14.8 Å². The van der Waals surface area contributed by atoms with Gasteiger partial charge in [-0.15, -0.1) is 6.58 Å². The number of hydrogen-bond acceptors (Lipinski definition) is 7. The lowest BCUT2D eigenvalue weighted by molar-refractivity contribution is -0.141. The molecule has 1 fully saturated rings. The van der Waals surface area contributed by atoms with E-state index < -0.39 is 24.2 Å². The molecule has 40 heavy (non-hydrogen) atoms. The molecule has 9 nitrogen and oxygen atoms in total. The number of hydrogen-bond donors (Lipinski definition) is 4. The first-order valence-corrected chi connectivity index (χ1v) is 14.6. The number of carbonyl (C=O) groups excluding carboxylic acids is 2. The summed E-state index contributed by atoms with van der Waals surface area (Å²) in [5.74, 6) is -0.203. The molecule has 4 rings (SSSR count). The van der Waals surface area contributed by atoms with Gasteiger partial charge >= 0.3 is 0 Å². The Morgan fingerprint density at radius 3 is 2.58 bits per heavy atom. The van der Waals surface area contributed by atoms with E-state index in [0.29, 0.717) is 34.6 Å². The van der Waals surface area contributed by atoms with Crippen LogP contribution in [0.5, 0.6) is 11.5 Å². The van der Waals surface area contributed by atoms with E-state index in [1.807, 2.05) is 11.0 Å². The number of fused-ring (bicyclic) bond motifs is 3. The highest BCUT2D eigenvalue weighted by molar-refractivity contribution is 5.96. The lowest BCUT2D eigenvalue weighted by atomic mass is 9.76. The quantitative estimate of drug-likeness (QED) is 0.177. The Kier molecular flexibility index (Phi) is 10.6. The third-order valence-corrected chi connectivity index (χ3v) is 8.37. The van der Waals surface area contributed by atoms with Crippen molar-refractivity contribution < 1.29 is 34.4 Å². The molecule has 4 N–H and O–H groups in total. The summed E-state index contributed by atoms with van der Waals surface area (Å²) < 4.78 is 11.9. The van der Waals surface area contributed by atoms with Crippen molar-refractivity contribution in [1.29, 1.82) is 0 Å². The number of allylic oxidation sites excluding steroid dienone is 1. The molecule has 1 saturated carbocycles. The SMILES string of the molecule is C=CCCCCC(=O)N(C1CCCCCC1)C1C=C(C(=O)NCCO)C2c3cc(CO)cc(OC)c3OC2C1O. The number of unbranched alkanes of at least 4 members (excludes halogenated alkanes) is 2. The van der Waals surface area contributed by atoms with Crippen molar-refractivity contribution in [3.63, 3.8) is 0 Å². The molecule has 2 aliphatic carbocycles. The second-order valence-electron chi connectivity index (χ2n) is 11.0. The molecule has 9 heteroatoms. The Bertz CT molecular complexity index is 1080. The predicted molar refractivity (Wildman–Crippen MR) is 151 cm³/mol. The molecule has 3 aliphatic rings. The Hall–Kier alpha value is -2.88. The maximum Gasteiger partial charge on any atom is 0.247 e. The van der Waals surface area contributed by atoms with Crippen molar-refractivity contribution in [2.24, 2.45) is 0 Å². The summed E-state index contributed by atoms with van der Waals surface area (Å²) in [7, 11) is 1.50. The van der Waals surface area contributed by atoms with E-state index in [1.54, 1.807) is 18.2 Å². The molecule has 2 amide bonds. The van der Waals surface area contributed by atoms with Gasteiger partial charge in [0.1, 0.15) is 12.2 Å². The first-order chi connectivity index (χ1) is 19.4. The van der Waals surface area contributed by atoms with Crippen LogP contribution in [0, 0.1) is 0 Å². The van der Waals surface area contributed by atoms with Gasteiger partial charge < -0.3 is 35.0 Å². The molecule has 4 atom stereocenters. The van der Waals surface area contributed by atoms with E-state index in [4.69, 9.17) is 9.47 Å². The molecule has 1 aliphatic heterocycles. The van der Waals surface area contributed by atoms with E-state index in [2.05, 4.69) is 11.9 Å². The van der Waals surface area contributed by atoms with Crippen molar-refractivity contribution in [3.8, 4) is 11.5 Å². The summed E-state index contributed by atoms with van der Waals surface area (Å²) in [5, 5.41) is 33.8. The van der Waals surface area contributed by atoms with Gasteiger partial charge in [-0.25, -0.2) is 0 Å². The zero-order valence-electron chi connectivity index (χ0n) is 23.5. The topological polar surface area (TPSA) is 129 Å². The van der Waals surface area contributed by atoms with Gasteiger partial charge in [0.15, 0.2) is 11.5 Å². The van der Waals surface area contributed by atoms with Crippen molar-refractivity contribution in [2.75, 3.05) is 20.3 Å². The van der Waals surface area contributed by atoms with Gasteiger partial charge in [-0.05, 0) is 55.9 Å². The molecule has 0 aromatic heterocycles. The van der Waals surface area contributed by atoms with E-state index in [0.717, 1.165) is 57.8 Å². The maximum absolute atomic E-state index is 13.8. The van der Waals surface area contributed by atoms with Gasteiger partial charge in [-0.2, -0.15) is 0 Å². The average Bonchev–Trinajstić information content (AvgIpc) is 3.15. The van der Waals surface area contributed by atoms with Crippen molar-refractivity contribution >= 4 is 11.8 Å². The summed E-state index contributed by atoms with van der Waals surface area (Å²) in [6, 6.07) is 2.67. The third-order valence-electron chi connectivity index (χ3n) is 8.37. The van der Waals surface area contributed by atoms with E-state index in [-0.39, 0.29) is 37.6 Å². The minimum absolute atomic E-state index is 0.0273. The number of methoxy groups -OCH3 is 1. The highest BCUT2D eigenvalue weighted by Gasteiger charge is 2.52. The van der Waals surface area contributed by atoms with Gasteiger partial charge in [-0.3, -0.25) is 9.59 Å². The number of nitrogens with zero attached hydrogens (tertiary/aromatic N) is 1. The average molecular weight is 557 g/mol. The third kappa shape index (κ3) is 6.37. The highest BCUT2D eigenvalue weighted by Crippen LogP contribution is 2.51. The second kappa shape index (κ2) is 14.1. The maximum atomic E-state index is 13.8. The summed E-state index contributed by atoms with van der Waals surface area (Å²) in [5.41, 5.74) is 1.62. The Morgan fingerprint density at radius 2 is 1.93 bits per heavy atom. The molecule has 1 aromatic rings. The monoisotopic (exact) mass is 556 g/mol. The minimum Gasteiger partial charge on any atom is -0.493 e. The lowest BCUT2D eigenvalue weighted by Gasteiger charge is -2.44. The Balaban J connectivity index is 1.77. The molecule has 4 unspecified atom stereocenters. The molecule has 1 heterocycles. The minimum atomic E-state index is -1.09. The standard InChI is InChI=1S/C31H44N2O7/c1-3-4-5-10-13-26(36)33(21-11-8-6-7-9-12-21)24-18-23(31(38)32-14-15-34)27-22-16-20(19-35)17-25(39-2)29(22)40-30(27)28(24)37/h3,16-18,21,24,27-28,30,34-35,37H,1,4-15,19H2,2H3,(H,32,38). The van der Waals surface area contributed by atoms with Crippen LogP contribution in [0.2, 0.25) is 0 Å². The van der Waals surface area contributed by atoms with Gasteiger partial charge in [-0.1, -0.05) is 31.8 Å². The van der Waals surface area contributed by atoms with Gasteiger partial charge in [0, 0.05) is 30.1 Å². The molecule has 0 bridgehead atoms. The number of carbonyl (C=O) groups is 2. The predicted octanol–water partition coefficient (Wildman–Crippen LogP) is 3.11. The second-order valence-corrected chi connectivity index (χ2v) is 11.0. The number of aliphatic hydroxyl groups is 3. The van der Waals surface area contributed by atoms with E-state index in [9.17, 15) is 24.9 Å². The van der Waals surface area contributed by atoms with Crippen LogP contribution in [0.3, 0.4) is 0 Å². The van der Waals surface area contributed by atoms with Crippen LogP contribution >= 0.6 is 0 Å². The summed E-state index contributed by atoms with van der Waals surface area (Å²) >= 11 is 0. The van der Waals surface area contributed by atoms with Crippen LogP contribution in [-0.4, -0.2) is 76.6 Å². The number of nitrogens with one attached hydrogen (secondary N) is 1. The number of amides is 2. The van der Waals surface area contributed by atoms with E-state index in [1.165, 1.54) is 7.11 Å². The lowest BCUT2D eigenvalue weighted by Crippen LogP contribution is -2.58. The first-order valence-electron chi connectivity index (χ1n) is 14.6. The number of ether oxygens (including phenoxy) is 2. The van der Waals surface area contributed by atoms with Crippen LogP contribution in [-0.2, 0) is 16.2 Å². The van der Waals surface area contributed by atoms with Crippen LogP contribution in [0.1, 0.15) is 81.3 Å². The van der Waals surface area contributed by atoms with Crippen molar-refractivity contribution in [1.82, 2.24) is 10.2 Å². The number of rotatable bonds is 12. The highest BCUT2D eigenvalue weighted by atomic mass is 16.5. The summed E-state index contributed by atoms with van der Waals surface area (Å²) in [6.45, 7) is 3.40. The smallest absolute Gasteiger partial charge is 0.247 e. The van der Waals surface area contributed by atoms with Gasteiger partial charge in [0.25, 0.3) is 0 Å². The zero-order chi connectivity index (χ0) is 28.6. The summed E-state index contributed by atoms with van der Waals surface area (Å²) in [6.07, 6.45) is 10.4. The molecule has 0 radical (unpaired) electrons. The fraction of sp³-hybridized carbons (Fsp3) is 0.613. The molecular weight excluding hydrogens is 512 g/mol. The van der Waals surface area contributed by atoms with Crippen LogP contribution in [0.4, 0.5) is 0 Å².